The van der Waals surface area contributed by atoms with Gasteiger partial charge >= 0.3 is 11.9 Å². The van der Waals surface area contributed by atoms with Crippen molar-refractivity contribution >= 4 is 5.97 Å². The van der Waals surface area contributed by atoms with Gasteiger partial charge in [0.2, 0.25) is 0 Å². The second-order valence-corrected chi connectivity index (χ2v) is 13.4. The normalized spacial score (nSPS) is 13.3. The van der Waals surface area contributed by atoms with Gasteiger partial charge in [-0.25, -0.2) is 4.79 Å². The van der Waals surface area contributed by atoms with Crippen LogP contribution in [0.3, 0.4) is 0 Å². The summed E-state index contributed by atoms with van der Waals surface area (Å²) in [6.07, 6.45) is 24.7. The van der Waals surface area contributed by atoms with Crippen LogP contribution in [0.4, 0.5) is 8.78 Å². The van der Waals surface area contributed by atoms with E-state index >= 15 is 0 Å². The molecule has 0 fully saturated rings. The molecule has 0 N–H and O–H groups in total. The molecular weight excluding hydrogens is 490 g/mol. The number of hydrogen-bond donors (Lipinski definition) is 0. The number of halogens is 2. The maximum Gasteiger partial charge on any atom is 0.376 e. The molecule has 0 aromatic heterocycles. The van der Waals surface area contributed by atoms with Crippen LogP contribution >= 0.6 is 0 Å². The van der Waals surface area contributed by atoms with Crippen LogP contribution in [0.25, 0.3) is 0 Å². The van der Waals surface area contributed by atoms with Crippen LogP contribution in [0.2, 0.25) is 0 Å². The largest absolute Gasteiger partial charge is 0.461 e. The summed E-state index contributed by atoms with van der Waals surface area (Å²) in [7, 11) is 0. The highest BCUT2D eigenvalue weighted by Gasteiger charge is 2.40. The summed E-state index contributed by atoms with van der Waals surface area (Å²) < 4.78 is 34.3. The first-order chi connectivity index (χ1) is 18.6. The van der Waals surface area contributed by atoms with E-state index in [1.165, 1.54) is 103 Å². The first kappa shape index (κ1) is 38.3. The summed E-state index contributed by atoms with van der Waals surface area (Å²) in [5.74, 6) is -3.66. The zero-order valence-electron chi connectivity index (χ0n) is 27.2. The standard InChI is InChI=1S/C35H68F2O2/c1-7-10-13-16-17-18-21-26-32(34(4,5)6)27-22-23-29-35(36,37)33(38)39-30-28-31(24-19-14-11-8-2)25-20-15-12-9-3/h31-32H,7-30H2,1-6H3. The van der Waals surface area contributed by atoms with Gasteiger partial charge in [0.25, 0.3) is 0 Å². The van der Waals surface area contributed by atoms with Crippen LogP contribution < -0.4 is 0 Å². The lowest BCUT2D eigenvalue weighted by Gasteiger charge is -2.31. The SMILES string of the molecule is CCCCCCCCCC(CCCCC(F)(F)C(=O)OCCC(CCCCCC)CCCCCC)C(C)(C)C. The minimum Gasteiger partial charge on any atom is -0.461 e. The fourth-order valence-electron chi connectivity index (χ4n) is 5.77. The fraction of sp³-hybridized carbons (Fsp3) is 0.971. The molecular formula is C35H68F2O2. The molecule has 39 heavy (non-hydrogen) atoms. The van der Waals surface area contributed by atoms with Crippen molar-refractivity contribution in [1.82, 2.24) is 0 Å². The Bertz CT molecular complexity index is 543. The third-order valence-corrected chi connectivity index (χ3v) is 8.66. The van der Waals surface area contributed by atoms with Crippen LogP contribution in [0.15, 0.2) is 0 Å². The molecule has 1 unspecified atom stereocenters. The Morgan fingerprint density at radius 2 is 1.00 bits per heavy atom. The van der Waals surface area contributed by atoms with E-state index in [0.717, 1.165) is 25.7 Å². The number of esters is 1. The lowest BCUT2D eigenvalue weighted by molar-refractivity contribution is -0.173. The molecule has 0 spiro atoms. The average molecular weight is 559 g/mol. The molecule has 0 aromatic rings. The van der Waals surface area contributed by atoms with Crippen LogP contribution in [-0.4, -0.2) is 18.5 Å². The molecule has 0 heterocycles. The van der Waals surface area contributed by atoms with Crippen LogP contribution in [0, 0.1) is 17.3 Å². The summed E-state index contributed by atoms with van der Waals surface area (Å²) in [5, 5.41) is 0. The Morgan fingerprint density at radius 1 is 0.590 bits per heavy atom. The van der Waals surface area contributed by atoms with Gasteiger partial charge in [-0.1, -0.05) is 157 Å². The van der Waals surface area contributed by atoms with Crippen LogP contribution in [0.5, 0.6) is 0 Å². The van der Waals surface area contributed by atoms with E-state index in [9.17, 15) is 13.6 Å². The van der Waals surface area contributed by atoms with Crippen molar-refractivity contribution in [1.29, 1.82) is 0 Å². The van der Waals surface area contributed by atoms with Gasteiger partial charge in [0, 0.05) is 6.42 Å². The van der Waals surface area contributed by atoms with Crippen LogP contribution in [0.1, 0.15) is 189 Å². The van der Waals surface area contributed by atoms with Crippen molar-refractivity contribution < 1.29 is 18.3 Å². The maximum atomic E-state index is 14.6. The van der Waals surface area contributed by atoms with E-state index in [0.29, 0.717) is 24.7 Å². The molecule has 0 saturated carbocycles. The number of rotatable bonds is 27. The molecule has 0 rings (SSSR count). The van der Waals surface area contributed by atoms with Gasteiger partial charge in [-0.2, -0.15) is 8.78 Å². The van der Waals surface area contributed by atoms with Crippen molar-refractivity contribution in [3.63, 3.8) is 0 Å². The molecule has 0 aromatic carbocycles. The molecule has 0 bridgehead atoms. The number of hydrogen-bond acceptors (Lipinski definition) is 2. The van der Waals surface area contributed by atoms with Gasteiger partial charge in [-0.3, -0.25) is 0 Å². The summed E-state index contributed by atoms with van der Waals surface area (Å²) in [4.78, 5) is 12.2. The molecule has 234 valence electrons. The van der Waals surface area contributed by atoms with Gasteiger partial charge in [-0.05, 0) is 42.9 Å². The second-order valence-electron chi connectivity index (χ2n) is 13.4. The van der Waals surface area contributed by atoms with Crippen LogP contribution in [-0.2, 0) is 9.53 Å². The lowest BCUT2D eigenvalue weighted by atomic mass is 9.75. The number of alkyl halides is 2. The Morgan fingerprint density at radius 3 is 1.49 bits per heavy atom. The zero-order chi connectivity index (χ0) is 29.4. The number of carbonyl (C=O) groups is 1. The number of ether oxygens (including phenoxy) is 1. The first-order valence-electron chi connectivity index (χ1n) is 17.1. The summed E-state index contributed by atoms with van der Waals surface area (Å²) in [6.45, 7) is 13.6. The molecule has 1 atom stereocenters. The smallest absolute Gasteiger partial charge is 0.376 e. The molecule has 0 aliphatic heterocycles. The van der Waals surface area contributed by atoms with E-state index < -0.39 is 18.3 Å². The second kappa shape index (κ2) is 24.0. The van der Waals surface area contributed by atoms with Crippen molar-refractivity contribution in [2.75, 3.05) is 6.61 Å². The van der Waals surface area contributed by atoms with Crippen molar-refractivity contribution in [2.24, 2.45) is 17.3 Å². The Labute approximate surface area is 243 Å². The summed E-state index contributed by atoms with van der Waals surface area (Å²) in [6, 6.07) is 0. The Hall–Kier alpha value is -0.670. The minimum atomic E-state index is -3.37. The lowest BCUT2D eigenvalue weighted by Crippen LogP contribution is -2.31. The topological polar surface area (TPSA) is 26.3 Å². The quantitative estimate of drug-likeness (QED) is 0.0740. The summed E-state index contributed by atoms with van der Waals surface area (Å²) in [5.41, 5.74) is 0.188. The van der Waals surface area contributed by atoms with Gasteiger partial charge in [0.1, 0.15) is 0 Å². The molecule has 4 heteroatoms. The Kier molecular flexibility index (Phi) is 23.6. The molecule has 0 saturated heterocycles. The third-order valence-electron chi connectivity index (χ3n) is 8.66. The predicted molar refractivity (Wildman–Crippen MR) is 166 cm³/mol. The van der Waals surface area contributed by atoms with Crippen molar-refractivity contribution in [3.8, 4) is 0 Å². The first-order valence-corrected chi connectivity index (χ1v) is 17.1. The minimum absolute atomic E-state index is 0.130. The van der Waals surface area contributed by atoms with Crippen molar-refractivity contribution in [3.05, 3.63) is 0 Å². The fourth-order valence-corrected chi connectivity index (χ4v) is 5.77. The highest BCUT2D eigenvalue weighted by molar-refractivity contribution is 5.77. The van der Waals surface area contributed by atoms with Gasteiger partial charge in [0.05, 0.1) is 6.61 Å². The monoisotopic (exact) mass is 559 g/mol. The molecule has 0 aliphatic rings. The van der Waals surface area contributed by atoms with E-state index in [1.54, 1.807) is 0 Å². The third kappa shape index (κ3) is 21.7. The van der Waals surface area contributed by atoms with Gasteiger partial charge in [0.15, 0.2) is 0 Å². The van der Waals surface area contributed by atoms with E-state index in [4.69, 9.17) is 4.74 Å². The van der Waals surface area contributed by atoms with E-state index in [1.807, 2.05) is 0 Å². The van der Waals surface area contributed by atoms with Gasteiger partial charge in [-0.15, -0.1) is 0 Å². The highest BCUT2D eigenvalue weighted by atomic mass is 19.3. The molecule has 0 amide bonds. The van der Waals surface area contributed by atoms with Crippen molar-refractivity contribution in [2.45, 2.75) is 195 Å². The van der Waals surface area contributed by atoms with Gasteiger partial charge < -0.3 is 4.74 Å². The summed E-state index contributed by atoms with van der Waals surface area (Å²) >= 11 is 0. The molecule has 0 aliphatic carbocycles. The zero-order valence-corrected chi connectivity index (χ0v) is 27.2. The van der Waals surface area contributed by atoms with E-state index in [2.05, 4.69) is 41.5 Å². The number of unbranched alkanes of at least 4 members (excludes halogenated alkanes) is 13. The highest BCUT2D eigenvalue weighted by Crippen LogP contribution is 2.35. The molecule has 2 nitrogen and oxygen atoms in total. The number of carbonyl (C=O) groups excluding carboxylic acids is 1. The maximum absolute atomic E-state index is 14.6. The average Bonchev–Trinajstić information content (AvgIpc) is 2.88. The van der Waals surface area contributed by atoms with E-state index in [-0.39, 0.29) is 12.0 Å². The Balaban J connectivity index is 4.40. The molecule has 0 radical (unpaired) electrons. The predicted octanol–water partition coefficient (Wildman–Crippen LogP) is 12.5.